The lowest BCUT2D eigenvalue weighted by molar-refractivity contribution is 0.117. The van der Waals surface area contributed by atoms with Gasteiger partial charge in [0.2, 0.25) is 0 Å². The molecule has 0 saturated heterocycles. The molecule has 1 aromatic heterocycles. The van der Waals surface area contributed by atoms with Crippen LogP contribution in [0.5, 0.6) is 0 Å². The van der Waals surface area contributed by atoms with Gasteiger partial charge in [-0.3, -0.25) is 4.98 Å². The van der Waals surface area contributed by atoms with Gasteiger partial charge >= 0.3 is 0 Å². The van der Waals surface area contributed by atoms with Gasteiger partial charge in [0.1, 0.15) is 0 Å². The van der Waals surface area contributed by atoms with Crippen molar-refractivity contribution in [2.75, 3.05) is 5.32 Å². The highest BCUT2D eigenvalue weighted by Gasteiger charge is 2.45. The molecule has 0 bridgehead atoms. The van der Waals surface area contributed by atoms with Crippen molar-refractivity contribution < 1.29 is 0 Å². The van der Waals surface area contributed by atoms with E-state index >= 15 is 0 Å². The van der Waals surface area contributed by atoms with Crippen LogP contribution in [0.3, 0.4) is 0 Å². The Labute approximate surface area is 84.7 Å². The predicted molar refractivity (Wildman–Crippen MR) is 58.0 cm³/mol. The highest BCUT2D eigenvalue weighted by molar-refractivity contribution is 5.43. The molecule has 0 aromatic carbocycles. The van der Waals surface area contributed by atoms with E-state index in [9.17, 15) is 0 Å². The van der Waals surface area contributed by atoms with E-state index in [2.05, 4.69) is 24.1 Å². The summed E-state index contributed by atoms with van der Waals surface area (Å²) in [5.41, 5.74) is 7.28. The van der Waals surface area contributed by atoms with Crippen molar-refractivity contribution in [1.29, 1.82) is 0 Å². The molecule has 1 heterocycles. The molecule has 1 aliphatic rings. The fourth-order valence-electron chi connectivity index (χ4n) is 1.85. The monoisotopic (exact) mass is 191 g/mol. The number of pyridine rings is 1. The molecule has 3 nitrogen and oxygen atoms in total. The largest absolute Gasteiger partial charge is 0.382 e. The molecular weight excluding hydrogens is 174 g/mol. The molecule has 14 heavy (non-hydrogen) atoms. The zero-order chi connectivity index (χ0) is 10.2. The van der Waals surface area contributed by atoms with Gasteiger partial charge in [0.15, 0.2) is 0 Å². The average molecular weight is 191 g/mol. The number of hydrogen-bond donors (Lipinski definition) is 2. The quantitative estimate of drug-likeness (QED) is 0.747. The van der Waals surface area contributed by atoms with Crippen LogP contribution in [0.25, 0.3) is 0 Å². The molecule has 2 atom stereocenters. The summed E-state index contributed by atoms with van der Waals surface area (Å²) in [6, 6.07) is 4.78. The first-order valence-electron chi connectivity index (χ1n) is 5.03. The number of rotatable bonds is 2. The molecule has 1 aliphatic carbocycles. The first-order valence-corrected chi connectivity index (χ1v) is 5.03. The Balaban J connectivity index is 2.01. The molecule has 0 radical (unpaired) electrons. The third-order valence-corrected chi connectivity index (χ3v) is 3.36. The zero-order valence-electron chi connectivity index (χ0n) is 8.70. The highest BCUT2D eigenvalue weighted by atomic mass is 15.0. The van der Waals surface area contributed by atoms with Gasteiger partial charge < -0.3 is 11.1 Å². The lowest BCUT2D eigenvalue weighted by Crippen LogP contribution is -2.61. The summed E-state index contributed by atoms with van der Waals surface area (Å²) in [6.07, 6.45) is 4.65. The van der Waals surface area contributed by atoms with Gasteiger partial charge in [-0.25, -0.2) is 0 Å². The second-order valence-corrected chi connectivity index (χ2v) is 4.60. The van der Waals surface area contributed by atoms with Crippen molar-refractivity contribution in [3.05, 3.63) is 24.5 Å². The normalized spacial score (nSPS) is 29.4. The van der Waals surface area contributed by atoms with Gasteiger partial charge in [-0.1, -0.05) is 13.8 Å². The van der Waals surface area contributed by atoms with E-state index in [0.717, 1.165) is 12.1 Å². The fraction of sp³-hybridized carbons (Fsp3) is 0.545. The summed E-state index contributed by atoms with van der Waals surface area (Å²) in [7, 11) is 0. The zero-order valence-corrected chi connectivity index (χ0v) is 8.70. The summed E-state index contributed by atoms with van der Waals surface area (Å²) in [5.74, 6) is 0. The van der Waals surface area contributed by atoms with Crippen molar-refractivity contribution in [2.45, 2.75) is 32.4 Å². The number of nitrogens with two attached hydrogens (primary N) is 1. The average Bonchev–Trinajstić information content (AvgIpc) is 2.19. The molecule has 1 saturated carbocycles. The number of hydrogen-bond acceptors (Lipinski definition) is 3. The van der Waals surface area contributed by atoms with Gasteiger partial charge in [-0.05, 0) is 18.6 Å². The summed E-state index contributed by atoms with van der Waals surface area (Å²) in [5, 5.41) is 3.48. The minimum absolute atomic E-state index is 0.198. The summed E-state index contributed by atoms with van der Waals surface area (Å²) < 4.78 is 0. The maximum atomic E-state index is 5.95. The maximum Gasteiger partial charge on any atom is 0.0373 e. The van der Waals surface area contributed by atoms with Crippen molar-refractivity contribution in [3.8, 4) is 0 Å². The molecule has 3 N–H and O–H groups in total. The van der Waals surface area contributed by atoms with E-state index in [4.69, 9.17) is 5.73 Å². The van der Waals surface area contributed by atoms with Crippen LogP contribution in [-0.2, 0) is 0 Å². The Hall–Kier alpha value is -1.09. The Morgan fingerprint density at radius 1 is 1.43 bits per heavy atom. The molecule has 76 valence electrons. The number of nitrogens with one attached hydrogen (secondary N) is 1. The van der Waals surface area contributed by atoms with Gasteiger partial charge in [0.05, 0.1) is 0 Å². The molecule has 0 spiro atoms. The van der Waals surface area contributed by atoms with Crippen LogP contribution < -0.4 is 11.1 Å². The smallest absolute Gasteiger partial charge is 0.0373 e. The summed E-state index contributed by atoms with van der Waals surface area (Å²) >= 11 is 0. The van der Waals surface area contributed by atoms with Crippen LogP contribution in [0.1, 0.15) is 20.3 Å². The minimum Gasteiger partial charge on any atom is -0.382 e. The Morgan fingerprint density at radius 2 is 2.07 bits per heavy atom. The van der Waals surface area contributed by atoms with E-state index < -0.39 is 0 Å². The van der Waals surface area contributed by atoms with Crippen LogP contribution in [-0.4, -0.2) is 17.1 Å². The number of nitrogens with zero attached hydrogens (tertiary/aromatic N) is 1. The second-order valence-electron chi connectivity index (χ2n) is 4.60. The lowest BCUT2D eigenvalue weighted by atomic mass is 9.63. The molecular formula is C11H17N3. The van der Waals surface area contributed by atoms with E-state index in [1.807, 2.05) is 12.1 Å². The molecule has 2 rings (SSSR count). The van der Waals surface area contributed by atoms with Crippen LogP contribution >= 0.6 is 0 Å². The molecule has 2 unspecified atom stereocenters. The summed E-state index contributed by atoms with van der Waals surface area (Å²) in [4.78, 5) is 3.98. The third kappa shape index (κ3) is 1.48. The Bertz CT molecular complexity index is 308. The SMILES string of the molecule is CC1(C)C(N)CC1Nc1ccncc1. The van der Waals surface area contributed by atoms with E-state index in [1.54, 1.807) is 12.4 Å². The van der Waals surface area contributed by atoms with Crippen molar-refractivity contribution >= 4 is 5.69 Å². The third-order valence-electron chi connectivity index (χ3n) is 3.36. The molecule has 0 aliphatic heterocycles. The molecule has 0 amide bonds. The molecule has 3 heteroatoms. The van der Waals surface area contributed by atoms with Gasteiger partial charge in [0, 0.05) is 35.6 Å². The predicted octanol–water partition coefficient (Wildman–Crippen LogP) is 1.62. The van der Waals surface area contributed by atoms with Crippen molar-refractivity contribution in [1.82, 2.24) is 4.98 Å². The van der Waals surface area contributed by atoms with Gasteiger partial charge in [0.25, 0.3) is 0 Å². The standard InChI is InChI=1S/C11H17N3/c1-11(2)9(12)7-10(11)14-8-3-5-13-6-4-8/h3-6,9-10H,7,12H2,1-2H3,(H,13,14). The first-order chi connectivity index (χ1) is 6.60. The minimum atomic E-state index is 0.198. The van der Waals surface area contributed by atoms with Crippen LogP contribution in [0.15, 0.2) is 24.5 Å². The van der Waals surface area contributed by atoms with Crippen molar-refractivity contribution in [3.63, 3.8) is 0 Å². The second kappa shape index (κ2) is 3.24. The van der Waals surface area contributed by atoms with Crippen LogP contribution in [0.2, 0.25) is 0 Å². The maximum absolute atomic E-state index is 5.95. The number of anilines is 1. The molecule has 1 fully saturated rings. The first kappa shape index (κ1) is 9.46. The molecule has 1 aromatic rings. The number of aromatic nitrogens is 1. The van der Waals surface area contributed by atoms with Crippen LogP contribution in [0.4, 0.5) is 5.69 Å². The topological polar surface area (TPSA) is 50.9 Å². The lowest BCUT2D eigenvalue weighted by Gasteiger charge is -2.51. The van der Waals surface area contributed by atoms with E-state index in [-0.39, 0.29) is 5.41 Å². The van der Waals surface area contributed by atoms with E-state index in [0.29, 0.717) is 12.1 Å². The highest BCUT2D eigenvalue weighted by Crippen LogP contribution is 2.40. The van der Waals surface area contributed by atoms with Crippen molar-refractivity contribution in [2.24, 2.45) is 11.1 Å². The summed E-state index contributed by atoms with van der Waals surface area (Å²) in [6.45, 7) is 4.42. The van der Waals surface area contributed by atoms with Gasteiger partial charge in [-0.2, -0.15) is 0 Å². The van der Waals surface area contributed by atoms with Gasteiger partial charge in [-0.15, -0.1) is 0 Å². The van der Waals surface area contributed by atoms with E-state index in [1.165, 1.54) is 0 Å². The Kier molecular flexibility index (Phi) is 2.19. The Morgan fingerprint density at radius 3 is 2.57 bits per heavy atom. The van der Waals surface area contributed by atoms with Crippen LogP contribution in [0, 0.1) is 5.41 Å². The fourth-order valence-corrected chi connectivity index (χ4v) is 1.85.